The smallest absolute Gasteiger partial charge is 0.237 e. The van der Waals surface area contributed by atoms with Crippen LogP contribution in [0.15, 0.2) is 28.7 Å². The maximum absolute atomic E-state index is 12.3. The van der Waals surface area contributed by atoms with Crippen molar-refractivity contribution in [3.63, 3.8) is 0 Å². The van der Waals surface area contributed by atoms with Gasteiger partial charge in [0.25, 0.3) is 0 Å². The van der Waals surface area contributed by atoms with Gasteiger partial charge in [-0.15, -0.1) is 0 Å². The lowest BCUT2D eigenvalue weighted by molar-refractivity contribution is -0.124. The zero-order chi connectivity index (χ0) is 16.1. The van der Waals surface area contributed by atoms with Crippen LogP contribution >= 0.6 is 15.9 Å². The van der Waals surface area contributed by atoms with Gasteiger partial charge in [-0.05, 0) is 49.9 Å². The Balaban J connectivity index is 1.41. The summed E-state index contributed by atoms with van der Waals surface area (Å²) in [6, 6.07) is 8.91. The van der Waals surface area contributed by atoms with Crippen molar-refractivity contribution in [2.75, 3.05) is 19.6 Å². The number of hydrogen-bond acceptors (Lipinski definition) is 3. The molecule has 0 aliphatic carbocycles. The van der Waals surface area contributed by atoms with Crippen LogP contribution in [0.3, 0.4) is 0 Å². The molecule has 0 saturated carbocycles. The van der Waals surface area contributed by atoms with Crippen molar-refractivity contribution in [3.05, 3.63) is 34.3 Å². The Kier molecular flexibility index (Phi) is 6.08. The zero-order valence-corrected chi connectivity index (χ0v) is 15.1. The van der Waals surface area contributed by atoms with Crippen LogP contribution in [-0.2, 0) is 11.3 Å². The SMILES string of the molecule is O=C(NC1CCN(Cc2ccc(Br)cc2)CC1)[C@H]1CCCCN1. The number of piperidine rings is 2. The fourth-order valence-electron chi connectivity index (χ4n) is 3.46. The third-order valence-corrected chi connectivity index (χ3v) is 5.41. The van der Waals surface area contributed by atoms with Gasteiger partial charge in [0.15, 0.2) is 0 Å². The van der Waals surface area contributed by atoms with E-state index in [1.54, 1.807) is 0 Å². The van der Waals surface area contributed by atoms with Gasteiger partial charge in [0.1, 0.15) is 0 Å². The minimum atomic E-state index is 0.0320. The minimum Gasteiger partial charge on any atom is -0.352 e. The predicted molar refractivity (Wildman–Crippen MR) is 96.2 cm³/mol. The molecule has 2 heterocycles. The van der Waals surface area contributed by atoms with Crippen molar-refractivity contribution < 1.29 is 4.79 Å². The molecule has 5 heteroatoms. The highest BCUT2D eigenvalue weighted by molar-refractivity contribution is 9.10. The first-order valence-electron chi connectivity index (χ1n) is 8.71. The number of carbonyl (C=O) groups is 1. The summed E-state index contributed by atoms with van der Waals surface area (Å²) in [5, 5.41) is 6.57. The van der Waals surface area contributed by atoms with Gasteiger partial charge in [-0.2, -0.15) is 0 Å². The van der Waals surface area contributed by atoms with Gasteiger partial charge in [0.05, 0.1) is 6.04 Å². The highest BCUT2D eigenvalue weighted by Gasteiger charge is 2.25. The number of hydrogen-bond donors (Lipinski definition) is 2. The van der Waals surface area contributed by atoms with E-state index in [4.69, 9.17) is 0 Å². The molecule has 0 spiro atoms. The van der Waals surface area contributed by atoms with Gasteiger partial charge in [-0.3, -0.25) is 9.69 Å². The molecule has 23 heavy (non-hydrogen) atoms. The van der Waals surface area contributed by atoms with Crippen molar-refractivity contribution >= 4 is 21.8 Å². The quantitative estimate of drug-likeness (QED) is 0.844. The second-order valence-electron chi connectivity index (χ2n) is 6.69. The molecule has 0 bridgehead atoms. The fourth-order valence-corrected chi connectivity index (χ4v) is 3.73. The van der Waals surface area contributed by atoms with Crippen molar-refractivity contribution in [2.24, 2.45) is 0 Å². The molecule has 1 atom stereocenters. The van der Waals surface area contributed by atoms with Crippen LogP contribution in [0.5, 0.6) is 0 Å². The lowest BCUT2D eigenvalue weighted by atomic mass is 10.0. The van der Waals surface area contributed by atoms with E-state index in [2.05, 4.69) is 55.7 Å². The monoisotopic (exact) mass is 379 g/mol. The number of amides is 1. The van der Waals surface area contributed by atoms with E-state index in [1.807, 2.05) is 0 Å². The van der Waals surface area contributed by atoms with Gasteiger partial charge in [-0.1, -0.05) is 34.5 Å². The zero-order valence-electron chi connectivity index (χ0n) is 13.6. The second kappa shape index (κ2) is 8.27. The molecule has 2 N–H and O–H groups in total. The molecule has 0 aromatic heterocycles. The molecule has 0 radical (unpaired) electrons. The molecular weight excluding hydrogens is 354 g/mol. The molecule has 2 aliphatic heterocycles. The van der Waals surface area contributed by atoms with Crippen molar-refractivity contribution in [2.45, 2.75) is 50.7 Å². The minimum absolute atomic E-state index is 0.0320. The molecule has 3 rings (SSSR count). The average molecular weight is 380 g/mol. The maximum atomic E-state index is 12.3. The summed E-state index contributed by atoms with van der Waals surface area (Å²) in [6.45, 7) is 4.08. The summed E-state index contributed by atoms with van der Waals surface area (Å²) in [4.78, 5) is 14.8. The van der Waals surface area contributed by atoms with E-state index in [-0.39, 0.29) is 11.9 Å². The van der Waals surface area contributed by atoms with Crippen LogP contribution < -0.4 is 10.6 Å². The molecule has 2 aliphatic rings. The number of benzene rings is 1. The van der Waals surface area contributed by atoms with E-state index in [9.17, 15) is 4.79 Å². The first kappa shape index (κ1) is 16.9. The normalized spacial score (nSPS) is 23.6. The summed E-state index contributed by atoms with van der Waals surface area (Å²) in [5.41, 5.74) is 1.35. The summed E-state index contributed by atoms with van der Waals surface area (Å²) in [6.07, 6.45) is 5.44. The van der Waals surface area contributed by atoms with Crippen LogP contribution in [0, 0.1) is 0 Å². The van der Waals surface area contributed by atoms with Crippen LogP contribution in [0.25, 0.3) is 0 Å². The first-order chi connectivity index (χ1) is 11.2. The van der Waals surface area contributed by atoms with Gasteiger partial charge in [-0.25, -0.2) is 0 Å². The summed E-state index contributed by atoms with van der Waals surface area (Å²) in [7, 11) is 0. The Hall–Kier alpha value is -0.910. The molecule has 2 saturated heterocycles. The molecule has 0 unspecified atom stereocenters. The number of carbonyl (C=O) groups excluding carboxylic acids is 1. The fraction of sp³-hybridized carbons (Fsp3) is 0.611. The predicted octanol–water partition coefficient (Wildman–Crippen LogP) is 2.67. The number of halogens is 1. The highest BCUT2D eigenvalue weighted by atomic mass is 79.9. The van der Waals surface area contributed by atoms with Crippen LogP contribution in [0.4, 0.5) is 0 Å². The molecule has 1 aromatic carbocycles. The third-order valence-electron chi connectivity index (χ3n) is 4.88. The lowest BCUT2D eigenvalue weighted by Crippen LogP contribution is -2.52. The average Bonchev–Trinajstić information content (AvgIpc) is 2.59. The van der Waals surface area contributed by atoms with Gasteiger partial charge < -0.3 is 10.6 Å². The Bertz CT molecular complexity index is 506. The van der Waals surface area contributed by atoms with Crippen molar-refractivity contribution in [3.8, 4) is 0 Å². The number of nitrogens with one attached hydrogen (secondary N) is 2. The Labute approximate surface area is 147 Å². The molecule has 1 aromatic rings. The van der Waals surface area contributed by atoms with Crippen LogP contribution in [0.1, 0.15) is 37.7 Å². The molecule has 126 valence electrons. The van der Waals surface area contributed by atoms with Crippen molar-refractivity contribution in [1.29, 1.82) is 0 Å². The van der Waals surface area contributed by atoms with Crippen LogP contribution in [0.2, 0.25) is 0 Å². The maximum Gasteiger partial charge on any atom is 0.237 e. The van der Waals surface area contributed by atoms with E-state index in [0.717, 1.165) is 56.3 Å². The number of rotatable bonds is 4. The Morgan fingerprint density at radius 1 is 1.17 bits per heavy atom. The van der Waals surface area contributed by atoms with E-state index in [0.29, 0.717) is 6.04 Å². The standard InChI is InChI=1S/C18H26BrN3O/c19-15-6-4-14(5-7-15)13-22-11-8-16(9-12-22)21-18(23)17-3-1-2-10-20-17/h4-7,16-17,20H,1-3,8-13H2,(H,21,23)/t17-/m1/s1. The molecule has 1 amide bonds. The largest absolute Gasteiger partial charge is 0.352 e. The summed E-state index contributed by atoms with van der Waals surface area (Å²) in [5.74, 6) is 0.205. The topological polar surface area (TPSA) is 44.4 Å². The summed E-state index contributed by atoms with van der Waals surface area (Å²) >= 11 is 3.48. The summed E-state index contributed by atoms with van der Waals surface area (Å²) < 4.78 is 1.12. The van der Waals surface area contributed by atoms with E-state index >= 15 is 0 Å². The molecular formula is C18H26BrN3O. The van der Waals surface area contributed by atoms with E-state index < -0.39 is 0 Å². The van der Waals surface area contributed by atoms with E-state index in [1.165, 1.54) is 12.0 Å². The highest BCUT2D eigenvalue weighted by Crippen LogP contribution is 2.17. The molecule has 2 fully saturated rings. The molecule has 4 nitrogen and oxygen atoms in total. The lowest BCUT2D eigenvalue weighted by Gasteiger charge is -2.33. The van der Waals surface area contributed by atoms with Crippen LogP contribution in [-0.4, -0.2) is 42.5 Å². The number of likely N-dealkylation sites (tertiary alicyclic amines) is 1. The van der Waals surface area contributed by atoms with Gasteiger partial charge >= 0.3 is 0 Å². The Morgan fingerprint density at radius 3 is 2.57 bits per heavy atom. The second-order valence-corrected chi connectivity index (χ2v) is 7.60. The first-order valence-corrected chi connectivity index (χ1v) is 9.50. The third kappa shape index (κ3) is 5.03. The Morgan fingerprint density at radius 2 is 1.91 bits per heavy atom. The van der Waals surface area contributed by atoms with Crippen molar-refractivity contribution in [1.82, 2.24) is 15.5 Å². The van der Waals surface area contributed by atoms with Gasteiger partial charge in [0.2, 0.25) is 5.91 Å². The van der Waals surface area contributed by atoms with Gasteiger partial charge in [0, 0.05) is 30.1 Å². The number of nitrogens with zero attached hydrogens (tertiary/aromatic N) is 1.